The van der Waals surface area contributed by atoms with E-state index in [-0.39, 0.29) is 0 Å². The largest absolute Gasteiger partial charge is 0.338 e. The van der Waals surface area contributed by atoms with Crippen LogP contribution in [-0.2, 0) is 0 Å². The third-order valence-electron chi connectivity index (χ3n) is 2.86. The van der Waals surface area contributed by atoms with Gasteiger partial charge in [-0.05, 0) is 43.2 Å². The van der Waals surface area contributed by atoms with Crippen LogP contribution in [0.5, 0.6) is 0 Å². The van der Waals surface area contributed by atoms with E-state index in [9.17, 15) is 0 Å². The Morgan fingerprint density at radius 3 is 2.82 bits per heavy atom. The quantitative estimate of drug-likeness (QED) is 0.688. The second-order valence-corrected chi connectivity index (χ2v) is 4.31. The SMILES string of the molecule is Cc1cc(C)c2nc(-c3cccnc3)[nH]c2c1. The molecule has 84 valence electrons. The van der Waals surface area contributed by atoms with Crippen molar-refractivity contribution in [1.29, 1.82) is 0 Å². The molecule has 0 amide bonds. The van der Waals surface area contributed by atoms with Gasteiger partial charge in [-0.15, -0.1) is 0 Å². The topological polar surface area (TPSA) is 41.6 Å². The zero-order chi connectivity index (χ0) is 11.8. The maximum atomic E-state index is 4.63. The zero-order valence-electron chi connectivity index (χ0n) is 9.86. The predicted molar refractivity (Wildman–Crippen MR) is 68.8 cm³/mol. The molecular formula is C14H13N3. The third kappa shape index (κ3) is 1.69. The number of pyridine rings is 1. The summed E-state index contributed by atoms with van der Waals surface area (Å²) in [5.74, 6) is 0.877. The third-order valence-corrected chi connectivity index (χ3v) is 2.86. The minimum absolute atomic E-state index is 0.877. The van der Waals surface area contributed by atoms with Gasteiger partial charge >= 0.3 is 0 Å². The number of imidazole rings is 1. The minimum atomic E-state index is 0.877. The number of aromatic nitrogens is 3. The van der Waals surface area contributed by atoms with Crippen molar-refractivity contribution < 1.29 is 0 Å². The van der Waals surface area contributed by atoms with Crippen LogP contribution in [0.4, 0.5) is 0 Å². The van der Waals surface area contributed by atoms with Gasteiger partial charge in [0, 0.05) is 18.0 Å². The highest BCUT2D eigenvalue weighted by molar-refractivity contribution is 5.82. The van der Waals surface area contributed by atoms with Gasteiger partial charge in [0.15, 0.2) is 0 Å². The lowest BCUT2D eigenvalue weighted by molar-refractivity contribution is 1.27. The summed E-state index contributed by atoms with van der Waals surface area (Å²) in [4.78, 5) is 12.1. The van der Waals surface area contributed by atoms with E-state index >= 15 is 0 Å². The van der Waals surface area contributed by atoms with Crippen LogP contribution in [0.3, 0.4) is 0 Å². The molecule has 2 heterocycles. The maximum absolute atomic E-state index is 4.63. The van der Waals surface area contributed by atoms with Crippen LogP contribution < -0.4 is 0 Å². The van der Waals surface area contributed by atoms with E-state index in [1.807, 2.05) is 18.3 Å². The van der Waals surface area contributed by atoms with Crippen molar-refractivity contribution in [2.24, 2.45) is 0 Å². The first-order valence-corrected chi connectivity index (χ1v) is 5.61. The number of fused-ring (bicyclic) bond motifs is 1. The number of benzene rings is 1. The van der Waals surface area contributed by atoms with Gasteiger partial charge in [0.2, 0.25) is 0 Å². The second-order valence-electron chi connectivity index (χ2n) is 4.31. The van der Waals surface area contributed by atoms with Crippen LogP contribution in [-0.4, -0.2) is 15.0 Å². The lowest BCUT2D eigenvalue weighted by Crippen LogP contribution is -1.80. The number of hydrogen-bond acceptors (Lipinski definition) is 2. The summed E-state index contributed by atoms with van der Waals surface area (Å²) in [5, 5.41) is 0. The Bertz CT molecular complexity index is 669. The summed E-state index contributed by atoms with van der Waals surface area (Å²) in [6, 6.07) is 8.19. The van der Waals surface area contributed by atoms with Crippen LogP contribution in [0.15, 0.2) is 36.7 Å². The molecule has 0 atom stereocenters. The number of nitrogens with one attached hydrogen (secondary N) is 1. The van der Waals surface area contributed by atoms with Gasteiger partial charge in [0.25, 0.3) is 0 Å². The Labute approximate surface area is 99.5 Å². The Morgan fingerprint density at radius 1 is 1.18 bits per heavy atom. The molecule has 1 aromatic carbocycles. The summed E-state index contributed by atoms with van der Waals surface area (Å²) in [6.07, 6.45) is 3.58. The van der Waals surface area contributed by atoms with E-state index in [0.717, 1.165) is 22.4 Å². The van der Waals surface area contributed by atoms with Gasteiger partial charge in [-0.25, -0.2) is 4.98 Å². The fourth-order valence-corrected chi connectivity index (χ4v) is 2.11. The molecule has 0 aliphatic rings. The predicted octanol–water partition coefficient (Wildman–Crippen LogP) is 3.24. The highest BCUT2D eigenvalue weighted by atomic mass is 14.9. The molecule has 3 aromatic rings. The molecule has 0 aliphatic carbocycles. The van der Waals surface area contributed by atoms with Gasteiger partial charge in [-0.3, -0.25) is 4.98 Å². The summed E-state index contributed by atoms with van der Waals surface area (Å²) in [7, 11) is 0. The van der Waals surface area contributed by atoms with Crippen LogP contribution in [0, 0.1) is 13.8 Å². The molecule has 3 rings (SSSR count). The molecule has 0 unspecified atom stereocenters. The summed E-state index contributed by atoms with van der Waals surface area (Å²) < 4.78 is 0. The van der Waals surface area contributed by atoms with Crippen molar-refractivity contribution in [3.63, 3.8) is 0 Å². The molecule has 0 radical (unpaired) electrons. The van der Waals surface area contributed by atoms with E-state index in [2.05, 4.69) is 40.9 Å². The maximum Gasteiger partial charge on any atom is 0.140 e. The van der Waals surface area contributed by atoms with Crippen molar-refractivity contribution in [1.82, 2.24) is 15.0 Å². The fraction of sp³-hybridized carbons (Fsp3) is 0.143. The average Bonchev–Trinajstić information content (AvgIpc) is 2.74. The molecule has 1 N–H and O–H groups in total. The van der Waals surface area contributed by atoms with Crippen molar-refractivity contribution in [2.45, 2.75) is 13.8 Å². The lowest BCUT2D eigenvalue weighted by atomic mass is 10.1. The fourth-order valence-electron chi connectivity index (χ4n) is 2.11. The highest BCUT2D eigenvalue weighted by Crippen LogP contribution is 2.23. The second kappa shape index (κ2) is 3.70. The lowest BCUT2D eigenvalue weighted by Gasteiger charge is -1.96. The number of rotatable bonds is 1. The molecule has 0 saturated carbocycles. The molecule has 0 bridgehead atoms. The Morgan fingerprint density at radius 2 is 2.06 bits per heavy atom. The van der Waals surface area contributed by atoms with Gasteiger partial charge in [-0.1, -0.05) is 6.07 Å². The average molecular weight is 223 g/mol. The molecule has 0 spiro atoms. The van der Waals surface area contributed by atoms with E-state index in [1.54, 1.807) is 6.20 Å². The Kier molecular flexibility index (Phi) is 2.18. The number of H-pyrrole nitrogens is 1. The molecular weight excluding hydrogens is 210 g/mol. The van der Waals surface area contributed by atoms with E-state index in [1.165, 1.54) is 11.1 Å². The van der Waals surface area contributed by atoms with Gasteiger partial charge in [0.1, 0.15) is 5.82 Å². The number of aryl methyl sites for hydroxylation is 2. The van der Waals surface area contributed by atoms with Gasteiger partial charge in [-0.2, -0.15) is 0 Å². The molecule has 2 aromatic heterocycles. The molecule has 0 aliphatic heterocycles. The number of nitrogens with zero attached hydrogens (tertiary/aromatic N) is 2. The number of hydrogen-bond donors (Lipinski definition) is 1. The Balaban J connectivity index is 2.24. The monoisotopic (exact) mass is 223 g/mol. The van der Waals surface area contributed by atoms with Gasteiger partial charge in [0.05, 0.1) is 11.0 Å². The van der Waals surface area contributed by atoms with Crippen molar-refractivity contribution in [2.75, 3.05) is 0 Å². The van der Waals surface area contributed by atoms with Crippen LogP contribution in [0.2, 0.25) is 0 Å². The van der Waals surface area contributed by atoms with Crippen LogP contribution in [0.25, 0.3) is 22.4 Å². The smallest absolute Gasteiger partial charge is 0.140 e. The molecule has 3 nitrogen and oxygen atoms in total. The van der Waals surface area contributed by atoms with E-state index in [0.29, 0.717) is 0 Å². The van der Waals surface area contributed by atoms with E-state index < -0.39 is 0 Å². The Hall–Kier alpha value is -2.16. The van der Waals surface area contributed by atoms with Crippen molar-refractivity contribution in [3.8, 4) is 11.4 Å². The normalized spacial score (nSPS) is 10.9. The summed E-state index contributed by atoms with van der Waals surface area (Å²) in [6.45, 7) is 4.18. The zero-order valence-corrected chi connectivity index (χ0v) is 9.86. The standard InChI is InChI=1S/C14H13N3/c1-9-6-10(2)13-12(7-9)16-14(17-13)11-4-3-5-15-8-11/h3-8H,1-2H3,(H,16,17). The molecule has 0 fully saturated rings. The first-order valence-electron chi connectivity index (χ1n) is 5.61. The first kappa shape index (κ1) is 10.0. The first-order chi connectivity index (χ1) is 8.24. The molecule has 17 heavy (non-hydrogen) atoms. The minimum Gasteiger partial charge on any atom is -0.338 e. The van der Waals surface area contributed by atoms with Crippen molar-refractivity contribution in [3.05, 3.63) is 47.8 Å². The number of aromatic amines is 1. The van der Waals surface area contributed by atoms with Gasteiger partial charge < -0.3 is 4.98 Å². The van der Waals surface area contributed by atoms with Crippen LogP contribution in [0.1, 0.15) is 11.1 Å². The molecule has 3 heteroatoms. The van der Waals surface area contributed by atoms with Crippen LogP contribution >= 0.6 is 0 Å². The molecule has 0 saturated heterocycles. The highest BCUT2D eigenvalue weighted by Gasteiger charge is 2.07. The van der Waals surface area contributed by atoms with Crippen molar-refractivity contribution >= 4 is 11.0 Å². The summed E-state index contributed by atoms with van der Waals surface area (Å²) in [5.41, 5.74) is 5.58. The van der Waals surface area contributed by atoms with E-state index in [4.69, 9.17) is 0 Å². The summed E-state index contributed by atoms with van der Waals surface area (Å²) >= 11 is 0.